The van der Waals surface area contributed by atoms with Crippen LogP contribution in [0.4, 0.5) is 0 Å². The Morgan fingerprint density at radius 2 is 1.27 bits per heavy atom. The molecule has 3 rings (SSSR count). The first-order valence-electron chi connectivity index (χ1n) is 25.0. The number of carbonyl (C=O) groups is 9. The van der Waals surface area contributed by atoms with Gasteiger partial charge in [0.2, 0.25) is 47.3 Å². The summed E-state index contributed by atoms with van der Waals surface area (Å²) in [6, 6.07) is -9.95. The van der Waals surface area contributed by atoms with Gasteiger partial charge >= 0.3 is 5.97 Å². The molecular formula is C47H78N16O11. The van der Waals surface area contributed by atoms with Crippen LogP contribution in [0.3, 0.4) is 0 Å². The number of aliphatic imine (C=N–C) groups is 1. The molecule has 27 nitrogen and oxygen atoms in total. The molecule has 2 aromatic rings. The number of imidazole rings is 2. The molecule has 0 saturated carbocycles. The van der Waals surface area contributed by atoms with Gasteiger partial charge in [0.15, 0.2) is 5.96 Å². The summed E-state index contributed by atoms with van der Waals surface area (Å²) in [5, 5.41) is 38.2. The maximum absolute atomic E-state index is 14.3. The van der Waals surface area contributed by atoms with E-state index in [0.717, 1.165) is 0 Å². The van der Waals surface area contributed by atoms with Crippen LogP contribution in [-0.2, 0) is 56.0 Å². The summed E-state index contributed by atoms with van der Waals surface area (Å²) in [6.07, 6.45) is 5.57. The zero-order chi connectivity index (χ0) is 55.2. The van der Waals surface area contributed by atoms with Gasteiger partial charge in [0, 0.05) is 49.7 Å². The second-order valence-corrected chi connectivity index (χ2v) is 19.5. The molecular weight excluding hydrogens is 965 g/mol. The van der Waals surface area contributed by atoms with E-state index in [0.29, 0.717) is 24.2 Å². The highest BCUT2D eigenvalue weighted by Crippen LogP contribution is 2.21. The van der Waals surface area contributed by atoms with Gasteiger partial charge < -0.3 is 79.5 Å². The Kier molecular flexibility index (Phi) is 24.9. The van der Waals surface area contributed by atoms with E-state index in [9.17, 15) is 53.4 Å². The van der Waals surface area contributed by atoms with Gasteiger partial charge in [-0.05, 0) is 63.2 Å². The third kappa shape index (κ3) is 20.0. The first-order valence-corrected chi connectivity index (χ1v) is 25.0. The molecule has 0 bridgehead atoms. The van der Waals surface area contributed by atoms with Gasteiger partial charge in [0.05, 0.1) is 31.3 Å². The molecule has 0 aromatic carbocycles. The highest BCUT2D eigenvalue weighted by atomic mass is 16.4. The summed E-state index contributed by atoms with van der Waals surface area (Å²) in [6.45, 7) is 11.7. The van der Waals surface area contributed by atoms with E-state index < -0.39 is 114 Å². The van der Waals surface area contributed by atoms with Crippen molar-refractivity contribution in [3.05, 3.63) is 36.4 Å². The summed E-state index contributed by atoms with van der Waals surface area (Å²) < 4.78 is 0. The minimum absolute atomic E-state index is 0.0191. The number of nitrogens with one attached hydrogen (secondary N) is 9. The van der Waals surface area contributed by atoms with Crippen molar-refractivity contribution in [2.45, 2.75) is 161 Å². The van der Waals surface area contributed by atoms with Crippen LogP contribution in [0.1, 0.15) is 105 Å². The van der Waals surface area contributed by atoms with Crippen LogP contribution in [0.15, 0.2) is 30.0 Å². The Morgan fingerprint density at radius 1 is 0.743 bits per heavy atom. The fraction of sp³-hybridized carbons (Fsp3) is 0.660. The van der Waals surface area contributed by atoms with E-state index in [4.69, 9.17) is 17.2 Å². The number of hydrogen-bond acceptors (Lipinski definition) is 14. The lowest BCUT2D eigenvalue weighted by Gasteiger charge is -2.31. The number of amides is 8. The Balaban J connectivity index is 1.78. The SMILES string of the molecule is CC[C@H](C)[C@H](N)C(=O)N[C@@H](Cc1cnc[nH]1)C(=O)N[C@@H](CC(C)C)C(=O)N1CCC[C@H]1C(=O)NCC(=O)N[C@@H](CCCN=C(N)N)C(=O)N[C@@H](Cc1cnc[nH]1)C(=O)N[C@H](C(=O)N[C@@H](CC(C)C)C(=O)O)[C@@H](C)O. The normalized spacial score (nSPS) is 17.0. The molecule has 0 spiro atoms. The number of rotatable bonds is 31. The van der Waals surface area contributed by atoms with E-state index in [-0.39, 0.29) is 81.7 Å². The van der Waals surface area contributed by atoms with Crippen LogP contribution in [0, 0.1) is 17.8 Å². The number of H-pyrrole nitrogens is 2. The maximum Gasteiger partial charge on any atom is 0.326 e. The number of carboxylic acid groups (broad SMARTS) is 1. The van der Waals surface area contributed by atoms with Crippen molar-refractivity contribution in [2.75, 3.05) is 19.6 Å². The molecule has 8 amide bonds. The lowest BCUT2D eigenvalue weighted by molar-refractivity contribution is -0.143. The predicted octanol–water partition coefficient (Wildman–Crippen LogP) is -3.08. The number of aliphatic carboxylic acids is 1. The van der Waals surface area contributed by atoms with Crippen LogP contribution in [-0.4, -0.2) is 168 Å². The van der Waals surface area contributed by atoms with Crippen LogP contribution in [0.5, 0.6) is 0 Å². The number of aliphatic hydroxyl groups excluding tert-OH is 1. The van der Waals surface area contributed by atoms with E-state index in [1.807, 2.05) is 27.7 Å². The zero-order valence-electron chi connectivity index (χ0n) is 43.3. The first kappa shape index (κ1) is 61.1. The summed E-state index contributed by atoms with van der Waals surface area (Å²) in [5.74, 6) is -7.97. The van der Waals surface area contributed by atoms with Gasteiger partial charge in [0.25, 0.3) is 0 Å². The average Bonchev–Trinajstić information content (AvgIpc) is 4.16. The summed E-state index contributed by atoms with van der Waals surface area (Å²) in [7, 11) is 0. The predicted molar refractivity (Wildman–Crippen MR) is 269 cm³/mol. The number of carbonyl (C=O) groups excluding carboxylic acids is 8. The van der Waals surface area contributed by atoms with Gasteiger partial charge in [0.1, 0.15) is 42.3 Å². The zero-order valence-corrected chi connectivity index (χ0v) is 43.3. The lowest BCUT2D eigenvalue weighted by Crippen LogP contribution is -2.61. The average molecular weight is 1040 g/mol. The third-order valence-electron chi connectivity index (χ3n) is 12.3. The molecule has 1 fully saturated rings. The summed E-state index contributed by atoms with van der Waals surface area (Å²) >= 11 is 0. The fourth-order valence-electron chi connectivity index (χ4n) is 8.09. The number of nitrogens with zero attached hydrogens (tertiary/aromatic N) is 4. The third-order valence-corrected chi connectivity index (χ3v) is 12.3. The quantitative estimate of drug-likeness (QED) is 0.0202. The monoisotopic (exact) mass is 1040 g/mol. The number of nitrogens with two attached hydrogens (primary N) is 3. The van der Waals surface area contributed by atoms with Gasteiger partial charge in [-0.15, -0.1) is 0 Å². The molecule has 27 heteroatoms. The van der Waals surface area contributed by atoms with E-state index in [1.54, 1.807) is 13.8 Å². The van der Waals surface area contributed by atoms with Crippen LogP contribution in [0.25, 0.3) is 0 Å². The molecule has 0 aliphatic carbocycles. The van der Waals surface area contributed by atoms with Crippen molar-refractivity contribution >= 4 is 59.2 Å². The van der Waals surface area contributed by atoms with Gasteiger partial charge in [-0.1, -0.05) is 48.0 Å². The number of guanidine groups is 1. The summed E-state index contributed by atoms with van der Waals surface area (Å²) in [5.41, 5.74) is 18.1. The molecule has 1 aliphatic rings. The summed E-state index contributed by atoms with van der Waals surface area (Å²) in [4.78, 5) is 141. The van der Waals surface area contributed by atoms with Crippen molar-refractivity contribution in [1.29, 1.82) is 0 Å². The van der Waals surface area contributed by atoms with Crippen LogP contribution in [0.2, 0.25) is 0 Å². The topological polar surface area (TPSA) is 429 Å². The molecule has 0 unspecified atom stereocenters. The molecule has 412 valence electrons. The minimum atomic E-state index is -1.65. The van der Waals surface area contributed by atoms with Crippen LogP contribution < -0.4 is 54.4 Å². The lowest BCUT2D eigenvalue weighted by atomic mass is 9.98. The van der Waals surface area contributed by atoms with E-state index in [1.165, 1.54) is 36.9 Å². The molecule has 2 aromatic heterocycles. The molecule has 10 atom stereocenters. The number of carboxylic acids is 1. The van der Waals surface area contributed by atoms with Crippen molar-refractivity contribution in [3.63, 3.8) is 0 Å². The molecule has 0 radical (unpaired) electrons. The minimum Gasteiger partial charge on any atom is -0.480 e. The second-order valence-electron chi connectivity index (χ2n) is 19.5. The molecule has 3 heterocycles. The first-order chi connectivity index (χ1) is 34.9. The highest BCUT2D eigenvalue weighted by Gasteiger charge is 2.40. The Labute approximate surface area is 430 Å². The molecule has 1 aliphatic heterocycles. The molecule has 74 heavy (non-hydrogen) atoms. The number of aliphatic hydroxyl groups is 1. The molecule has 17 N–H and O–H groups in total. The highest BCUT2D eigenvalue weighted by molar-refractivity contribution is 5.98. The number of likely N-dealkylation sites (tertiary alicyclic amines) is 1. The Morgan fingerprint density at radius 3 is 1.78 bits per heavy atom. The number of aromatic amines is 2. The standard InChI is InChI=1S/C47H78N16O11/c1-8-26(6)37(48)43(70)59-31(17-28-19-51-22-55-28)40(67)60-33(15-24(2)3)45(72)63-14-10-12-35(63)42(69)54-21-36(65)57-30(11-9-13-53-47(49)50)39(66)58-32(18-29-20-52-23-56-29)41(68)62-38(27(7)64)44(71)61-34(46(73)74)16-25(4)5/h19-20,22-27,30-35,37-38,64H,8-18,21,48H2,1-7H3,(H,51,55)(H,52,56)(H,54,69)(H,57,65)(H,58,66)(H,59,70)(H,60,67)(H,61,71)(H,62,68)(H,73,74)(H4,49,50,53)/t26-,27+,30-,31-,32-,33-,34-,35-,37-,38-/m0/s1. The van der Waals surface area contributed by atoms with Crippen molar-refractivity contribution < 1.29 is 53.4 Å². The van der Waals surface area contributed by atoms with Crippen molar-refractivity contribution in [2.24, 2.45) is 39.9 Å². The smallest absolute Gasteiger partial charge is 0.326 e. The number of aromatic nitrogens is 4. The van der Waals surface area contributed by atoms with Crippen molar-refractivity contribution in [1.82, 2.24) is 62.1 Å². The van der Waals surface area contributed by atoms with Gasteiger partial charge in [-0.3, -0.25) is 43.3 Å². The fourth-order valence-corrected chi connectivity index (χ4v) is 8.09. The second kappa shape index (κ2) is 30.1. The Bertz CT molecular complexity index is 2200. The van der Waals surface area contributed by atoms with Crippen molar-refractivity contribution in [3.8, 4) is 0 Å². The number of hydrogen-bond donors (Lipinski definition) is 14. The van der Waals surface area contributed by atoms with Gasteiger partial charge in [-0.25, -0.2) is 14.8 Å². The van der Waals surface area contributed by atoms with Crippen LogP contribution >= 0.6 is 0 Å². The van der Waals surface area contributed by atoms with E-state index >= 15 is 0 Å². The van der Waals surface area contributed by atoms with Gasteiger partial charge in [-0.2, -0.15) is 0 Å². The maximum atomic E-state index is 14.3. The largest absolute Gasteiger partial charge is 0.480 e. The molecule has 1 saturated heterocycles. The van der Waals surface area contributed by atoms with E-state index in [2.05, 4.69) is 62.1 Å². The Hall–Kier alpha value is -7.16.